The molecule has 1 amide bonds. The molecule has 0 spiro atoms. The average Bonchev–Trinajstić information content (AvgIpc) is 2.60. The Hall–Kier alpha value is -2.30. The number of nitrogens with zero attached hydrogens (tertiary/aromatic N) is 2. The smallest absolute Gasteiger partial charge is 0.225 e. The van der Waals surface area contributed by atoms with Crippen molar-refractivity contribution in [2.45, 2.75) is 32.7 Å². The van der Waals surface area contributed by atoms with Crippen LogP contribution in [0.5, 0.6) is 5.75 Å². The minimum atomic E-state index is 0.0174. The lowest BCUT2D eigenvalue weighted by molar-refractivity contribution is -0.125. The van der Waals surface area contributed by atoms with E-state index in [4.69, 9.17) is 4.74 Å². The number of hydrogen-bond donors (Lipinski definition) is 1. The van der Waals surface area contributed by atoms with Gasteiger partial charge in [-0.3, -0.25) is 4.79 Å². The quantitative estimate of drug-likeness (QED) is 0.938. The molecule has 24 heavy (non-hydrogen) atoms. The lowest BCUT2D eigenvalue weighted by Gasteiger charge is -2.33. The standard InChI is InChI=1S/C19H25N3O2/c1-13(2)21-19(23)14-6-5-11-22(12-14)18-16-7-4-8-17(24-3)15(16)9-10-20-18/h4,7-10,13-14H,5-6,11-12H2,1-3H3,(H,21,23)/t14-/m1/s1. The molecule has 2 aromatic rings. The van der Waals surface area contributed by atoms with Gasteiger partial charge in [0.2, 0.25) is 5.91 Å². The van der Waals surface area contributed by atoms with Gasteiger partial charge in [0.15, 0.2) is 0 Å². The molecular weight excluding hydrogens is 302 g/mol. The Morgan fingerprint density at radius 1 is 1.33 bits per heavy atom. The summed E-state index contributed by atoms with van der Waals surface area (Å²) < 4.78 is 5.46. The molecule has 1 aliphatic heterocycles. The van der Waals surface area contributed by atoms with Crippen LogP contribution in [-0.4, -0.2) is 37.1 Å². The summed E-state index contributed by atoms with van der Waals surface area (Å²) in [4.78, 5) is 19.2. The van der Waals surface area contributed by atoms with Crippen LogP contribution in [0.2, 0.25) is 0 Å². The zero-order chi connectivity index (χ0) is 17.1. The molecule has 1 atom stereocenters. The molecule has 0 radical (unpaired) electrons. The first-order chi connectivity index (χ1) is 11.6. The maximum Gasteiger partial charge on any atom is 0.225 e. The maximum atomic E-state index is 12.4. The van der Waals surface area contributed by atoms with Gasteiger partial charge in [-0.05, 0) is 38.8 Å². The fourth-order valence-electron chi connectivity index (χ4n) is 3.38. The van der Waals surface area contributed by atoms with Crippen molar-refractivity contribution in [3.05, 3.63) is 30.5 Å². The van der Waals surface area contributed by atoms with Crippen molar-refractivity contribution in [1.29, 1.82) is 0 Å². The zero-order valence-corrected chi connectivity index (χ0v) is 14.6. The Morgan fingerprint density at radius 3 is 2.92 bits per heavy atom. The minimum absolute atomic E-state index is 0.0174. The van der Waals surface area contributed by atoms with Crippen molar-refractivity contribution in [2.24, 2.45) is 5.92 Å². The molecule has 3 rings (SSSR count). The number of carbonyl (C=O) groups is 1. The predicted molar refractivity (Wildman–Crippen MR) is 96.5 cm³/mol. The van der Waals surface area contributed by atoms with Gasteiger partial charge in [0.1, 0.15) is 11.6 Å². The Kier molecular flexibility index (Phi) is 4.88. The van der Waals surface area contributed by atoms with Crippen LogP contribution in [0.3, 0.4) is 0 Å². The van der Waals surface area contributed by atoms with Crippen LogP contribution in [0.15, 0.2) is 30.5 Å². The van der Waals surface area contributed by atoms with Gasteiger partial charge in [-0.2, -0.15) is 0 Å². The summed E-state index contributed by atoms with van der Waals surface area (Å²) in [5.74, 6) is 1.95. The number of methoxy groups -OCH3 is 1. The van der Waals surface area contributed by atoms with Crippen LogP contribution in [0.4, 0.5) is 5.82 Å². The highest BCUT2D eigenvalue weighted by Gasteiger charge is 2.27. The van der Waals surface area contributed by atoms with Crippen molar-refractivity contribution in [3.8, 4) is 5.75 Å². The number of piperidine rings is 1. The van der Waals surface area contributed by atoms with Gasteiger partial charge in [0, 0.05) is 36.1 Å². The second-order valence-electron chi connectivity index (χ2n) is 6.64. The van der Waals surface area contributed by atoms with Crippen LogP contribution in [0.1, 0.15) is 26.7 Å². The molecule has 0 saturated carbocycles. The third-order valence-corrected chi connectivity index (χ3v) is 4.49. The molecule has 5 nitrogen and oxygen atoms in total. The monoisotopic (exact) mass is 327 g/mol. The Labute approximate surface area is 143 Å². The van der Waals surface area contributed by atoms with E-state index in [1.54, 1.807) is 7.11 Å². The third-order valence-electron chi connectivity index (χ3n) is 4.49. The van der Waals surface area contributed by atoms with Gasteiger partial charge in [-0.1, -0.05) is 12.1 Å². The molecular formula is C19H25N3O2. The van der Waals surface area contributed by atoms with E-state index in [-0.39, 0.29) is 17.9 Å². The van der Waals surface area contributed by atoms with Crippen LogP contribution < -0.4 is 15.0 Å². The number of benzene rings is 1. The molecule has 0 unspecified atom stereocenters. The second-order valence-corrected chi connectivity index (χ2v) is 6.64. The number of amides is 1. The molecule has 5 heteroatoms. The molecule has 0 bridgehead atoms. The number of nitrogens with one attached hydrogen (secondary N) is 1. The summed E-state index contributed by atoms with van der Waals surface area (Å²) in [5, 5.41) is 5.16. The van der Waals surface area contributed by atoms with E-state index in [2.05, 4.69) is 21.3 Å². The second kappa shape index (κ2) is 7.07. The highest BCUT2D eigenvalue weighted by Crippen LogP contribution is 2.32. The molecule has 1 N–H and O–H groups in total. The average molecular weight is 327 g/mol. The summed E-state index contributed by atoms with van der Waals surface area (Å²) in [6.07, 6.45) is 3.75. The Balaban J connectivity index is 1.89. The normalized spacial score (nSPS) is 18.0. The topological polar surface area (TPSA) is 54.5 Å². The van der Waals surface area contributed by atoms with Crippen LogP contribution in [0, 0.1) is 5.92 Å². The van der Waals surface area contributed by atoms with Gasteiger partial charge in [0.25, 0.3) is 0 Å². The number of rotatable bonds is 4. The van der Waals surface area contributed by atoms with Gasteiger partial charge in [-0.15, -0.1) is 0 Å². The molecule has 1 fully saturated rings. The Morgan fingerprint density at radius 2 is 2.17 bits per heavy atom. The number of aromatic nitrogens is 1. The summed E-state index contributed by atoms with van der Waals surface area (Å²) >= 11 is 0. The molecule has 1 aromatic heterocycles. The van der Waals surface area contributed by atoms with Gasteiger partial charge in [-0.25, -0.2) is 4.98 Å². The van der Waals surface area contributed by atoms with Crippen molar-refractivity contribution in [3.63, 3.8) is 0 Å². The Bertz CT molecular complexity index is 730. The van der Waals surface area contributed by atoms with Crippen LogP contribution in [0.25, 0.3) is 10.8 Å². The fourth-order valence-corrected chi connectivity index (χ4v) is 3.38. The van der Waals surface area contributed by atoms with Gasteiger partial charge >= 0.3 is 0 Å². The number of fused-ring (bicyclic) bond motifs is 1. The van der Waals surface area contributed by atoms with E-state index in [9.17, 15) is 4.79 Å². The summed E-state index contributed by atoms with van der Waals surface area (Å²) in [6, 6.07) is 8.16. The number of carbonyl (C=O) groups excluding carboxylic acids is 1. The van der Waals surface area contributed by atoms with Crippen molar-refractivity contribution >= 4 is 22.5 Å². The van der Waals surface area contributed by atoms with Crippen molar-refractivity contribution < 1.29 is 9.53 Å². The zero-order valence-electron chi connectivity index (χ0n) is 14.6. The first-order valence-corrected chi connectivity index (χ1v) is 8.57. The molecule has 2 heterocycles. The first kappa shape index (κ1) is 16.6. The lowest BCUT2D eigenvalue weighted by Crippen LogP contribution is -2.45. The van der Waals surface area contributed by atoms with Crippen molar-refractivity contribution in [2.75, 3.05) is 25.1 Å². The first-order valence-electron chi connectivity index (χ1n) is 8.57. The SMILES string of the molecule is COc1cccc2c(N3CCC[C@@H](C(=O)NC(C)C)C3)nccc12. The van der Waals surface area contributed by atoms with E-state index < -0.39 is 0 Å². The van der Waals surface area contributed by atoms with E-state index >= 15 is 0 Å². The summed E-state index contributed by atoms with van der Waals surface area (Å²) in [7, 11) is 1.68. The van der Waals surface area contributed by atoms with Crippen LogP contribution in [-0.2, 0) is 4.79 Å². The minimum Gasteiger partial charge on any atom is -0.496 e. The maximum absolute atomic E-state index is 12.4. The van der Waals surface area contributed by atoms with E-state index in [1.165, 1.54) is 0 Å². The highest BCUT2D eigenvalue weighted by atomic mass is 16.5. The van der Waals surface area contributed by atoms with Gasteiger partial charge < -0.3 is 15.0 Å². The lowest BCUT2D eigenvalue weighted by atomic mass is 9.96. The largest absolute Gasteiger partial charge is 0.496 e. The van der Waals surface area contributed by atoms with Crippen LogP contribution >= 0.6 is 0 Å². The molecule has 128 valence electrons. The predicted octanol–water partition coefficient (Wildman–Crippen LogP) is 2.98. The van der Waals surface area contributed by atoms with E-state index in [0.717, 1.165) is 41.7 Å². The van der Waals surface area contributed by atoms with E-state index in [0.29, 0.717) is 6.54 Å². The highest BCUT2D eigenvalue weighted by molar-refractivity contribution is 5.96. The molecule has 1 aliphatic rings. The number of anilines is 1. The third kappa shape index (κ3) is 3.30. The number of ether oxygens (including phenoxy) is 1. The molecule has 0 aliphatic carbocycles. The summed E-state index contributed by atoms with van der Waals surface area (Å²) in [6.45, 7) is 5.63. The fraction of sp³-hybridized carbons (Fsp3) is 0.474. The number of hydrogen-bond acceptors (Lipinski definition) is 4. The molecule has 1 saturated heterocycles. The van der Waals surface area contributed by atoms with Crippen molar-refractivity contribution in [1.82, 2.24) is 10.3 Å². The van der Waals surface area contributed by atoms with Gasteiger partial charge in [0.05, 0.1) is 13.0 Å². The van der Waals surface area contributed by atoms with E-state index in [1.807, 2.05) is 38.2 Å². The number of pyridine rings is 1. The molecule has 1 aromatic carbocycles. The summed E-state index contributed by atoms with van der Waals surface area (Å²) in [5.41, 5.74) is 0.